The molecule has 220 valence electrons. The number of aliphatic hydroxyl groups is 1. The molecule has 1 saturated heterocycles. The number of pyridine rings is 1. The highest BCUT2D eigenvalue weighted by atomic mass is 16.3. The van der Waals surface area contributed by atoms with Gasteiger partial charge in [0.25, 0.3) is 5.56 Å². The number of carbonyl (C=O) groups excluding carboxylic acids is 3. The highest BCUT2D eigenvalue weighted by Gasteiger charge is 2.47. The number of aliphatic hydroxyl groups excluding tert-OH is 1. The SMILES string of the molecule is CC(O)c1cn2cc(C3CC3Cc3ccnc([C@H]4C[C@@H]4C(=O)Nc4nncc(=O)[nH]4)n3)cc(N3CC(=O)N(C)C3=O)c2n1. The van der Waals surface area contributed by atoms with Crippen molar-refractivity contribution in [2.24, 2.45) is 11.8 Å². The van der Waals surface area contributed by atoms with Crippen molar-refractivity contribution in [3.63, 3.8) is 0 Å². The van der Waals surface area contributed by atoms with Crippen molar-refractivity contribution in [2.45, 2.75) is 44.1 Å². The minimum atomic E-state index is -0.788. The third kappa shape index (κ3) is 5.01. The van der Waals surface area contributed by atoms with E-state index in [0.717, 1.165) is 28.8 Å². The molecule has 3 fully saturated rings. The van der Waals surface area contributed by atoms with E-state index in [0.29, 0.717) is 41.6 Å². The Bertz CT molecular complexity index is 1850. The number of carbonyl (C=O) groups is 3. The predicted molar refractivity (Wildman–Crippen MR) is 150 cm³/mol. The lowest BCUT2D eigenvalue weighted by Gasteiger charge is -2.17. The average molecular weight is 585 g/mol. The van der Waals surface area contributed by atoms with Gasteiger partial charge in [-0.25, -0.2) is 19.7 Å². The van der Waals surface area contributed by atoms with Crippen molar-refractivity contribution in [1.29, 1.82) is 0 Å². The van der Waals surface area contributed by atoms with Gasteiger partial charge in [-0.15, -0.1) is 10.2 Å². The molecule has 4 aromatic heterocycles. The van der Waals surface area contributed by atoms with E-state index < -0.39 is 17.7 Å². The summed E-state index contributed by atoms with van der Waals surface area (Å²) in [7, 11) is 1.46. The normalized spacial score (nSPS) is 23.6. The summed E-state index contributed by atoms with van der Waals surface area (Å²) >= 11 is 0. The summed E-state index contributed by atoms with van der Waals surface area (Å²) in [5.74, 6) is 0.120. The summed E-state index contributed by atoms with van der Waals surface area (Å²) in [5.41, 5.74) is 2.94. The van der Waals surface area contributed by atoms with Crippen LogP contribution in [0.25, 0.3) is 5.65 Å². The van der Waals surface area contributed by atoms with Crippen molar-refractivity contribution in [2.75, 3.05) is 23.8 Å². The number of rotatable bonds is 8. The molecule has 0 aromatic carbocycles. The summed E-state index contributed by atoms with van der Waals surface area (Å²) < 4.78 is 1.82. The number of anilines is 2. The van der Waals surface area contributed by atoms with E-state index >= 15 is 0 Å². The van der Waals surface area contributed by atoms with Crippen LogP contribution < -0.4 is 15.8 Å². The van der Waals surface area contributed by atoms with Crippen molar-refractivity contribution < 1.29 is 19.5 Å². The molecule has 5 atom stereocenters. The van der Waals surface area contributed by atoms with Gasteiger partial charge < -0.3 is 9.51 Å². The van der Waals surface area contributed by atoms with E-state index in [-0.39, 0.29) is 42.1 Å². The van der Waals surface area contributed by atoms with Crippen LogP contribution in [0.4, 0.5) is 16.4 Å². The van der Waals surface area contributed by atoms with E-state index in [4.69, 9.17) is 4.98 Å². The molecule has 3 N–H and O–H groups in total. The fourth-order valence-corrected chi connectivity index (χ4v) is 5.71. The molecule has 3 aliphatic rings. The van der Waals surface area contributed by atoms with Crippen LogP contribution in [0.15, 0.2) is 41.7 Å². The first-order valence-corrected chi connectivity index (χ1v) is 14.0. The number of fused-ring (bicyclic) bond motifs is 1. The molecule has 4 aromatic rings. The Kier molecular flexibility index (Phi) is 6.27. The van der Waals surface area contributed by atoms with E-state index in [1.807, 2.05) is 22.7 Å². The van der Waals surface area contributed by atoms with Crippen LogP contribution in [-0.4, -0.2) is 76.0 Å². The second-order valence-electron chi connectivity index (χ2n) is 11.4. The molecule has 4 amide bonds. The number of hydrogen-bond acceptors (Lipinski definition) is 10. The molecule has 5 heterocycles. The van der Waals surface area contributed by atoms with Gasteiger partial charge in [-0.2, -0.15) is 0 Å². The van der Waals surface area contributed by atoms with Crippen molar-refractivity contribution in [3.05, 3.63) is 70.0 Å². The third-order valence-electron chi connectivity index (χ3n) is 8.30. The number of H-pyrrole nitrogens is 1. The average Bonchev–Trinajstić information content (AvgIpc) is 3.88. The Morgan fingerprint density at radius 2 is 2.02 bits per heavy atom. The van der Waals surface area contributed by atoms with Crippen LogP contribution in [-0.2, 0) is 16.0 Å². The smallest absolute Gasteiger partial charge is 0.331 e. The largest absolute Gasteiger partial charge is 0.387 e. The third-order valence-corrected chi connectivity index (χ3v) is 8.30. The lowest BCUT2D eigenvalue weighted by atomic mass is 10.1. The summed E-state index contributed by atoms with van der Waals surface area (Å²) in [4.78, 5) is 67.8. The number of urea groups is 1. The zero-order valence-corrected chi connectivity index (χ0v) is 23.3. The highest BCUT2D eigenvalue weighted by molar-refractivity contribution is 6.13. The molecule has 2 aliphatic carbocycles. The molecule has 7 rings (SSSR count). The molecule has 1 aliphatic heterocycles. The topological polar surface area (TPSA) is 192 Å². The second-order valence-corrected chi connectivity index (χ2v) is 11.4. The summed E-state index contributed by atoms with van der Waals surface area (Å²) in [6.45, 7) is 1.56. The van der Waals surface area contributed by atoms with Crippen LogP contribution in [0.5, 0.6) is 0 Å². The molecule has 43 heavy (non-hydrogen) atoms. The van der Waals surface area contributed by atoms with Crippen LogP contribution in [0.3, 0.4) is 0 Å². The Balaban J connectivity index is 1.07. The first-order valence-electron chi connectivity index (χ1n) is 14.0. The number of hydrogen-bond donors (Lipinski definition) is 3. The molecule has 15 nitrogen and oxygen atoms in total. The van der Waals surface area contributed by atoms with Gasteiger partial charge in [0.15, 0.2) is 5.65 Å². The number of amides is 4. The summed E-state index contributed by atoms with van der Waals surface area (Å²) in [5, 5.41) is 20.0. The number of nitrogens with one attached hydrogen (secondary N) is 2. The minimum Gasteiger partial charge on any atom is -0.387 e. The number of likely N-dealkylation sites (N-methyl/N-ethyl adjacent to an activating group) is 1. The quantitative estimate of drug-likeness (QED) is 0.253. The lowest BCUT2D eigenvalue weighted by Crippen LogP contribution is -2.30. The van der Waals surface area contributed by atoms with Gasteiger partial charge in [0.05, 0.1) is 17.5 Å². The number of imide groups is 1. The monoisotopic (exact) mass is 584 g/mol. The highest BCUT2D eigenvalue weighted by Crippen LogP contribution is 2.51. The van der Waals surface area contributed by atoms with Gasteiger partial charge in [-0.05, 0) is 55.7 Å². The zero-order valence-electron chi connectivity index (χ0n) is 23.3. The molecular weight excluding hydrogens is 556 g/mol. The first-order chi connectivity index (χ1) is 20.7. The maximum Gasteiger partial charge on any atom is 0.331 e. The Morgan fingerprint density at radius 3 is 2.77 bits per heavy atom. The maximum absolute atomic E-state index is 12.9. The van der Waals surface area contributed by atoms with Gasteiger partial charge >= 0.3 is 6.03 Å². The summed E-state index contributed by atoms with van der Waals surface area (Å²) in [6.07, 6.45) is 7.89. The van der Waals surface area contributed by atoms with Crippen LogP contribution in [0.2, 0.25) is 0 Å². The number of aromatic nitrogens is 7. The van der Waals surface area contributed by atoms with E-state index in [1.165, 1.54) is 11.9 Å². The van der Waals surface area contributed by atoms with Gasteiger partial charge in [0.2, 0.25) is 17.8 Å². The molecule has 3 unspecified atom stereocenters. The van der Waals surface area contributed by atoms with Gasteiger partial charge in [-0.3, -0.25) is 34.5 Å². The minimum absolute atomic E-state index is 0.00412. The lowest BCUT2D eigenvalue weighted by molar-refractivity contribution is -0.124. The van der Waals surface area contributed by atoms with Gasteiger partial charge in [0.1, 0.15) is 18.6 Å². The van der Waals surface area contributed by atoms with E-state index in [1.54, 1.807) is 19.3 Å². The van der Waals surface area contributed by atoms with Crippen molar-refractivity contribution in [3.8, 4) is 0 Å². The molecule has 15 heteroatoms. The van der Waals surface area contributed by atoms with Crippen molar-refractivity contribution >= 4 is 35.1 Å². The maximum atomic E-state index is 12.9. The van der Waals surface area contributed by atoms with Crippen LogP contribution in [0.1, 0.15) is 60.5 Å². The zero-order chi connectivity index (χ0) is 30.0. The van der Waals surface area contributed by atoms with E-state index in [2.05, 4.69) is 30.5 Å². The van der Waals surface area contributed by atoms with Gasteiger partial charge in [0, 0.05) is 43.2 Å². The molecule has 2 saturated carbocycles. The Hall–Kier alpha value is -5.05. The van der Waals surface area contributed by atoms with Crippen molar-refractivity contribution in [1.82, 2.24) is 39.4 Å². The molecule has 0 spiro atoms. The molecular formula is C28H28N10O5. The number of imidazole rings is 1. The molecule has 0 radical (unpaired) electrons. The Labute approximate surface area is 244 Å². The fraction of sp³-hybridized carbons (Fsp3) is 0.393. The summed E-state index contributed by atoms with van der Waals surface area (Å²) in [6, 6.07) is 3.39. The Morgan fingerprint density at radius 1 is 1.19 bits per heavy atom. The van der Waals surface area contributed by atoms with Crippen LogP contribution >= 0.6 is 0 Å². The standard InChI is InChI=1S/C28H28N10O5/c1-13(39)20-11-37-10-15(7-21(25(37)32-20)38-12-23(41)36(2)28(38)43)17-6-14(17)5-16-3-4-29-24(31-16)18-8-19(18)26(42)34-27-33-22(40)9-30-35-27/h3-4,7,9-11,13-14,17-19,39H,5-6,8,12H2,1-2H3,(H2,33,34,35,40,42)/t13?,14?,17?,18-,19-/m0/s1. The molecule has 0 bridgehead atoms. The first kappa shape index (κ1) is 26.8. The predicted octanol–water partition coefficient (Wildman–Crippen LogP) is 1.14. The van der Waals surface area contributed by atoms with Gasteiger partial charge in [-0.1, -0.05) is 0 Å². The van der Waals surface area contributed by atoms with E-state index in [9.17, 15) is 24.3 Å². The number of aromatic amines is 1. The second kappa shape index (κ2) is 10.0. The fourth-order valence-electron chi connectivity index (χ4n) is 5.71. The van der Waals surface area contributed by atoms with Crippen LogP contribution in [0, 0.1) is 11.8 Å². The number of nitrogens with zero attached hydrogens (tertiary/aromatic N) is 8.